The van der Waals surface area contributed by atoms with E-state index < -0.39 is 24.3 Å². The highest BCUT2D eigenvalue weighted by Gasteiger charge is 2.16. The predicted octanol–water partition coefficient (Wildman–Crippen LogP) is 4.20. The molecule has 0 radical (unpaired) electrons. The number of esters is 1. The van der Waals surface area contributed by atoms with Gasteiger partial charge >= 0.3 is 5.97 Å². The number of anilines is 2. The van der Waals surface area contributed by atoms with Crippen LogP contribution in [-0.4, -0.2) is 31.5 Å². The van der Waals surface area contributed by atoms with Gasteiger partial charge in [-0.3, -0.25) is 9.59 Å². The van der Waals surface area contributed by atoms with Crippen LogP contribution in [0.1, 0.15) is 22.3 Å². The van der Waals surface area contributed by atoms with E-state index in [1.165, 1.54) is 24.3 Å². The minimum absolute atomic E-state index is 0.0110. The summed E-state index contributed by atoms with van der Waals surface area (Å²) < 4.78 is 23.8. The van der Waals surface area contributed by atoms with E-state index in [0.29, 0.717) is 6.42 Å². The maximum Gasteiger partial charge on any atom is 0.340 e. The Kier molecular flexibility index (Phi) is 8.13. The van der Waals surface area contributed by atoms with Gasteiger partial charge in [-0.15, -0.1) is 0 Å². The standard InChI is InChI=1S/C25H23FN2O5/c1-32-18-13-10-17(11-14-18)12-15-23(29)27-21-8-4-2-6-19(21)25(31)33-16-24(30)28-22-9-5-3-7-20(22)26/h2-11,13-14H,12,15-16H2,1H3,(H,27,29)(H,28,30). The molecule has 3 aromatic carbocycles. The summed E-state index contributed by atoms with van der Waals surface area (Å²) in [5.41, 5.74) is 1.34. The number of amides is 2. The van der Waals surface area contributed by atoms with Crippen molar-refractivity contribution in [3.8, 4) is 5.75 Å². The first-order valence-electron chi connectivity index (χ1n) is 10.2. The number of methoxy groups -OCH3 is 1. The van der Waals surface area contributed by atoms with Crippen molar-refractivity contribution in [3.05, 3.63) is 89.7 Å². The zero-order chi connectivity index (χ0) is 23.6. The van der Waals surface area contributed by atoms with E-state index in [-0.39, 0.29) is 29.3 Å². The molecule has 7 nitrogen and oxygen atoms in total. The van der Waals surface area contributed by atoms with Crippen LogP contribution < -0.4 is 15.4 Å². The number of para-hydroxylation sites is 2. The molecule has 0 aliphatic carbocycles. The third-order valence-electron chi connectivity index (χ3n) is 4.70. The van der Waals surface area contributed by atoms with E-state index in [2.05, 4.69) is 10.6 Å². The summed E-state index contributed by atoms with van der Waals surface area (Å²) in [4.78, 5) is 36.9. The van der Waals surface area contributed by atoms with Crippen LogP contribution in [0.2, 0.25) is 0 Å². The SMILES string of the molecule is COc1ccc(CCC(=O)Nc2ccccc2C(=O)OCC(=O)Nc2ccccc2F)cc1. The first-order chi connectivity index (χ1) is 16.0. The molecule has 0 fully saturated rings. The Hall–Kier alpha value is -4.20. The second-order valence-electron chi connectivity index (χ2n) is 7.05. The van der Waals surface area contributed by atoms with Crippen molar-refractivity contribution < 1.29 is 28.2 Å². The number of benzene rings is 3. The van der Waals surface area contributed by atoms with E-state index in [1.807, 2.05) is 24.3 Å². The molecule has 0 aliphatic rings. The molecule has 170 valence electrons. The average Bonchev–Trinajstić information content (AvgIpc) is 2.83. The maximum absolute atomic E-state index is 13.6. The maximum atomic E-state index is 13.6. The normalized spacial score (nSPS) is 10.2. The molecule has 2 N–H and O–H groups in total. The zero-order valence-electron chi connectivity index (χ0n) is 18.0. The summed E-state index contributed by atoms with van der Waals surface area (Å²) in [5, 5.41) is 5.04. The van der Waals surface area contributed by atoms with Crippen molar-refractivity contribution in [1.29, 1.82) is 0 Å². The van der Waals surface area contributed by atoms with Crippen molar-refractivity contribution in [2.45, 2.75) is 12.8 Å². The Morgan fingerprint density at radius 2 is 1.45 bits per heavy atom. The fourth-order valence-electron chi connectivity index (χ4n) is 2.99. The number of carbonyl (C=O) groups excluding carboxylic acids is 3. The molecule has 0 aromatic heterocycles. The van der Waals surface area contributed by atoms with Crippen LogP contribution in [0, 0.1) is 5.82 Å². The van der Waals surface area contributed by atoms with Crippen LogP contribution in [-0.2, 0) is 20.7 Å². The lowest BCUT2D eigenvalue weighted by atomic mass is 10.1. The molecule has 2 amide bonds. The first kappa shape index (κ1) is 23.5. The van der Waals surface area contributed by atoms with E-state index in [0.717, 1.165) is 11.3 Å². The summed E-state index contributed by atoms with van der Waals surface area (Å²) in [6.45, 7) is -0.604. The van der Waals surface area contributed by atoms with Gasteiger partial charge < -0.3 is 20.1 Å². The fourth-order valence-corrected chi connectivity index (χ4v) is 2.99. The Labute approximate surface area is 190 Å². The van der Waals surface area contributed by atoms with Gasteiger partial charge in [0.1, 0.15) is 11.6 Å². The van der Waals surface area contributed by atoms with E-state index in [4.69, 9.17) is 9.47 Å². The summed E-state index contributed by atoms with van der Waals surface area (Å²) in [5.74, 6) is -1.61. The van der Waals surface area contributed by atoms with Crippen LogP contribution in [0.4, 0.5) is 15.8 Å². The van der Waals surface area contributed by atoms with Gasteiger partial charge in [0, 0.05) is 6.42 Å². The van der Waals surface area contributed by atoms with Gasteiger partial charge in [0.05, 0.1) is 24.0 Å². The highest BCUT2D eigenvalue weighted by molar-refractivity contribution is 6.02. The van der Waals surface area contributed by atoms with Crippen molar-refractivity contribution in [2.24, 2.45) is 0 Å². The monoisotopic (exact) mass is 450 g/mol. The predicted molar refractivity (Wildman–Crippen MR) is 122 cm³/mol. The zero-order valence-corrected chi connectivity index (χ0v) is 18.0. The van der Waals surface area contributed by atoms with Gasteiger partial charge in [-0.2, -0.15) is 0 Å². The molecule has 0 spiro atoms. The van der Waals surface area contributed by atoms with Crippen LogP contribution in [0.15, 0.2) is 72.8 Å². The molecule has 0 bridgehead atoms. The lowest BCUT2D eigenvalue weighted by molar-refractivity contribution is -0.119. The highest BCUT2D eigenvalue weighted by Crippen LogP contribution is 2.18. The summed E-state index contributed by atoms with van der Waals surface area (Å²) >= 11 is 0. The molecule has 0 aliphatic heterocycles. The second kappa shape index (κ2) is 11.4. The number of halogens is 1. The van der Waals surface area contributed by atoms with Gasteiger partial charge in [-0.25, -0.2) is 9.18 Å². The summed E-state index contributed by atoms with van der Waals surface area (Å²) in [6.07, 6.45) is 0.722. The third-order valence-corrected chi connectivity index (χ3v) is 4.70. The third kappa shape index (κ3) is 6.90. The smallest absolute Gasteiger partial charge is 0.340 e. The molecule has 8 heteroatoms. The molecule has 0 saturated carbocycles. The molecule has 0 unspecified atom stereocenters. The van der Waals surface area contributed by atoms with Gasteiger partial charge in [0.2, 0.25) is 5.91 Å². The number of carbonyl (C=O) groups is 3. The van der Waals surface area contributed by atoms with Gasteiger partial charge in [-0.1, -0.05) is 36.4 Å². The molecular formula is C25H23FN2O5. The number of rotatable bonds is 9. The van der Waals surface area contributed by atoms with Crippen molar-refractivity contribution in [3.63, 3.8) is 0 Å². The number of nitrogens with one attached hydrogen (secondary N) is 2. The highest BCUT2D eigenvalue weighted by atomic mass is 19.1. The van der Waals surface area contributed by atoms with Gasteiger partial charge in [-0.05, 0) is 48.4 Å². The Morgan fingerprint density at radius 3 is 2.15 bits per heavy atom. The fraction of sp³-hybridized carbons (Fsp3) is 0.160. The number of hydrogen-bond acceptors (Lipinski definition) is 5. The lowest BCUT2D eigenvalue weighted by Gasteiger charge is -2.11. The van der Waals surface area contributed by atoms with Crippen LogP contribution in [0.25, 0.3) is 0 Å². The van der Waals surface area contributed by atoms with E-state index >= 15 is 0 Å². The molecular weight excluding hydrogens is 427 g/mol. The Balaban J connectivity index is 1.54. The second-order valence-corrected chi connectivity index (χ2v) is 7.05. The van der Waals surface area contributed by atoms with E-state index in [1.54, 1.807) is 31.4 Å². The van der Waals surface area contributed by atoms with Crippen molar-refractivity contribution >= 4 is 29.2 Å². The average molecular weight is 450 g/mol. The summed E-state index contributed by atoms with van der Waals surface area (Å²) in [6, 6.07) is 19.4. The number of ether oxygens (including phenoxy) is 2. The van der Waals surface area contributed by atoms with Crippen molar-refractivity contribution in [1.82, 2.24) is 0 Å². The molecule has 0 heterocycles. The Morgan fingerprint density at radius 1 is 0.818 bits per heavy atom. The number of hydrogen-bond donors (Lipinski definition) is 2. The minimum Gasteiger partial charge on any atom is -0.497 e. The van der Waals surface area contributed by atoms with Crippen LogP contribution in [0.3, 0.4) is 0 Å². The summed E-state index contributed by atoms with van der Waals surface area (Å²) in [7, 11) is 1.58. The van der Waals surface area contributed by atoms with Crippen LogP contribution >= 0.6 is 0 Å². The van der Waals surface area contributed by atoms with Crippen molar-refractivity contribution in [2.75, 3.05) is 24.4 Å². The lowest BCUT2D eigenvalue weighted by Crippen LogP contribution is -2.22. The topological polar surface area (TPSA) is 93.7 Å². The van der Waals surface area contributed by atoms with Gasteiger partial charge in [0.25, 0.3) is 5.91 Å². The van der Waals surface area contributed by atoms with E-state index in [9.17, 15) is 18.8 Å². The molecule has 0 atom stereocenters. The molecule has 3 aromatic rings. The largest absolute Gasteiger partial charge is 0.497 e. The Bertz CT molecular complexity index is 1130. The molecule has 0 saturated heterocycles. The van der Waals surface area contributed by atoms with Crippen LogP contribution in [0.5, 0.6) is 5.75 Å². The molecule has 33 heavy (non-hydrogen) atoms. The molecule has 3 rings (SSSR count). The number of aryl methyl sites for hydroxylation is 1. The van der Waals surface area contributed by atoms with Gasteiger partial charge in [0.15, 0.2) is 6.61 Å². The minimum atomic E-state index is -0.787. The first-order valence-corrected chi connectivity index (χ1v) is 10.2. The quantitative estimate of drug-likeness (QED) is 0.477.